The van der Waals surface area contributed by atoms with E-state index in [0.717, 1.165) is 29.9 Å². The molecule has 0 aliphatic rings. The molecule has 2 aromatic rings. The molecule has 1 atom stereocenters. The summed E-state index contributed by atoms with van der Waals surface area (Å²) in [6.45, 7) is 4.94. The van der Waals surface area contributed by atoms with E-state index in [1.54, 1.807) is 0 Å². The zero-order valence-corrected chi connectivity index (χ0v) is 11.2. The number of aromatic nitrogens is 1. The van der Waals surface area contributed by atoms with Crippen molar-refractivity contribution in [1.29, 1.82) is 0 Å². The number of benzene rings is 1. The maximum Gasteiger partial charge on any atom is 0.221 e. The lowest BCUT2D eigenvalue weighted by Crippen LogP contribution is -2.13. The standard InChI is InChI=1S/C15H20N2O/c1-4-11(2)18-15-14-8-6-5-7-12(14)9-13(17-15)10-16-3/h5-9,11,16H,4,10H2,1-3H3. The Balaban J connectivity index is 2.46. The number of ether oxygens (including phenoxy) is 1. The summed E-state index contributed by atoms with van der Waals surface area (Å²) >= 11 is 0. The molecule has 0 spiro atoms. The predicted octanol–water partition coefficient (Wildman–Crippen LogP) is 3.13. The summed E-state index contributed by atoms with van der Waals surface area (Å²) in [6.07, 6.45) is 1.16. The first-order valence-electron chi connectivity index (χ1n) is 6.44. The molecule has 3 heteroatoms. The maximum absolute atomic E-state index is 5.92. The Hall–Kier alpha value is -1.61. The van der Waals surface area contributed by atoms with Crippen LogP contribution in [0.1, 0.15) is 26.0 Å². The quantitative estimate of drug-likeness (QED) is 0.877. The topological polar surface area (TPSA) is 34.1 Å². The van der Waals surface area contributed by atoms with E-state index in [-0.39, 0.29) is 6.10 Å². The van der Waals surface area contributed by atoms with Crippen LogP contribution in [0.5, 0.6) is 5.88 Å². The third-order valence-corrected chi connectivity index (χ3v) is 3.00. The van der Waals surface area contributed by atoms with Gasteiger partial charge in [0.25, 0.3) is 0 Å². The van der Waals surface area contributed by atoms with Gasteiger partial charge in [-0.25, -0.2) is 4.98 Å². The average molecular weight is 244 g/mol. The fourth-order valence-corrected chi connectivity index (χ4v) is 1.86. The molecule has 2 rings (SSSR count). The summed E-state index contributed by atoms with van der Waals surface area (Å²) in [7, 11) is 1.92. The molecule has 1 aromatic heterocycles. The highest BCUT2D eigenvalue weighted by molar-refractivity contribution is 5.87. The van der Waals surface area contributed by atoms with Gasteiger partial charge < -0.3 is 10.1 Å². The highest BCUT2D eigenvalue weighted by Crippen LogP contribution is 2.25. The van der Waals surface area contributed by atoms with Crippen LogP contribution in [0.25, 0.3) is 10.8 Å². The van der Waals surface area contributed by atoms with E-state index in [9.17, 15) is 0 Å². The minimum absolute atomic E-state index is 0.186. The van der Waals surface area contributed by atoms with Crippen LogP contribution in [0.4, 0.5) is 0 Å². The largest absolute Gasteiger partial charge is 0.474 e. The lowest BCUT2D eigenvalue weighted by Gasteiger charge is -2.15. The number of hydrogen-bond donors (Lipinski definition) is 1. The number of fused-ring (bicyclic) bond motifs is 1. The van der Waals surface area contributed by atoms with Crippen molar-refractivity contribution in [2.45, 2.75) is 32.9 Å². The molecule has 0 fully saturated rings. The van der Waals surface area contributed by atoms with E-state index in [2.05, 4.69) is 42.3 Å². The summed E-state index contributed by atoms with van der Waals surface area (Å²) in [6, 6.07) is 10.3. The molecule has 0 aliphatic carbocycles. The highest BCUT2D eigenvalue weighted by atomic mass is 16.5. The van der Waals surface area contributed by atoms with E-state index in [1.165, 1.54) is 5.39 Å². The molecule has 1 N–H and O–H groups in total. The molecule has 0 radical (unpaired) electrons. The summed E-state index contributed by atoms with van der Waals surface area (Å²) < 4.78 is 5.92. The van der Waals surface area contributed by atoms with Crippen LogP contribution in [0.15, 0.2) is 30.3 Å². The number of nitrogens with one attached hydrogen (secondary N) is 1. The van der Waals surface area contributed by atoms with E-state index < -0.39 is 0 Å². The van der Waals surface area contributed by atoms with Gasteiger partial charge in [0.1, 0.15) is 0 Å². The van der Waals surface area contributed by atoms with Crippen molar-refractivity contribution < 1.29 is 4.74 Å². The predicted molar refractivity (Wildman–Crippen MR) is 74.9 cm³/mol. The van der Waals surface area contributed by atoms with Crippen LogP contribution in [-0.4, -0.2) is 18.1 Å². The van der Waals surface area contributed by atoms with Crippen LogP contribution in [-0.2, 0) is 6.54 Å². The molecule has 1 aromatic carbocycles. The molecule has 0 saturated carbocycles. The number of rotatable bonds is 5. The first kappa shape index (κ1) is 12.8. The van der Waals surface area contributed by atoms with Crippen molar-refractivity contribution >= 4 is 10.8 Å². The maximum atomic E-state index is 5.92. The molecule has 1 unspecified atom stereocenters. The fraction of sp³-hybridized carbons (Fsp3) is 0.400. The van der Waals surface area contributed by atoms with Gasteiger partial charge in [-0.15, -0.1) is 0 Å². The van der Waals surface area contributed by atoms with Gasteiger partial charge in [0.2, 0.25) is 5.88 Å². The average Bonchev–Trinajstić information content (AvgIpc) is 2.39. The van der Waals surface area contributed by atoms with Crippen molar-refractivity contribution in [3.8, 4) is 5.88 Å². The SMILES string of the molecule is CCC(C)Oc1nc(CNC)cc2ccccc12. The van der Waals surface area contributed by atoms with Gasteiger partial charge in [0.05, 0.1) is 11.8 Å². The molecule has 3 nitrogen and oxygen atoms in total. The minimum Gasteiger partial charge on any atom is -0.474 e. The van der Waals surface area contributed by atoms with Gasteiger partial charge in [-0.2, -0.15) is 0 Å². The third-order valence-electron chi connectivity index (χ3n) is 3.00. The Kier molecular flexibility index (Phi) is 4.15. The van der Waals surface area contributed by atoms with Crippen molar-refractivity contribution in [3.63, 3.8) is 0 Å². The van der Waals surface area contributed by atoms with Gasteiger partial charge in [0, 0.05) is 11.9 Å². The number of nitrogens with zero attached hydrogens (tertiary/aromatic N) is 1. The Bertz CT molecular complexity index is 525. The zero-order chi connectivity index (χ0) is 13.0. The molecular weight excluding hydrogens is 224 g/mol. The van der Waals surface area contributed by atoms with Crippen LogP contribution < -0.4 is 10.1 Å². The van der Waals surface area contributed by atoms with Crippen LogP contribution in [0.2, 0.25) is 0 Å². The second-order valence-corrected chi connectivity index (χ2v) is 4.51. The van der Waals surface area contributed by atoms with Crippen LogP contribution >= 0.6 is 0 Å². The van der Waals surface area contributed by atoms with Crippen molar-refractivity contribution in [2.75, 3.05) is 7.05 Å². The van der Waals surface area contributed by atoms with E-state index in [1.807, 2.05) is 19.2 Å². The van der Waals surface area contributed by atoms with Crippen molar-refractivity contribution in [2.24, 2.45) is 0 Å². The Labute approximate surface area is 108 Å². The molecule has 0 bridgehead atoms. The molecule has 0 amide bonds. The third kappa shape index (κ3) is 2.79. The van der Waals surface area contributed by atoms with Gasteiger partial charge in [0.15, 0.2) is 0 Å². The molecule has 18 heavy (non-hydrogen) atoms. The minimum atomic E-state index is 0.186. The first-order chi connectivity index (χ1) is 8.74. The molecule has 96 valence electrons. The Morgan fingerprint density at radius 1 is 1.33 bits per heavy atom. The van der Waals surface area contributed by atoms with Crippen molar-refractivity contribution in [1.82, 2.24) is 10.3 Å². The molecule has 0 saturated heterocycles. The first-order valence-corrected chi connectivity index (χ1v) is 6.44. The Morgan fingerprint density at radius 2 is 2.11 bits per heavy atom. The lowest BCUT2D eigenvalue weighted by molar-refractivity contribution is 0.211. The second kappa shape index (κ2) is 5.83. The summed E-state index contributed by atoms with van der Waals surface area (Å²) in [5.41, 5.74) is 1.01. The van der Waals surface area contributed by atoms with Gasteiger partial charge in [-0.05, 0) is 37.9 Å². The summed E-state index contributed by atoms with van der Waals surface area (Å²) in [4.78, 5) is 4.59. The van der Waals surface area contributed by atoms with Crippen molar-refractivity contribution in [3.05, 3.63) is 36.0 Å². The van der Waals surface area contributed by atoms with Gasteiger partial charge in [-0.1, -0.05) is 25.1 Å². The van der Waals surface area contributed by atoms with E-state index in [4.69, 9.17) is 4.74 Å². The normalized spacial score (nSPS) is 12.6. The molecular formula is C15H20N2O. The smallest absolute Gasteiger partial charge is 0.221 e. The summed E-state index contributed by atoms with van der Waals surface area (Å²) in [5, 5.41) is 5.38. The fourth-order valence-electron chi connectivity index (χ4n) is 1.86. The monoisotopic (exact) mass is 244 g/mol. The van der Waals surface area contributed by atoms with Gasteiger partial charge >= 0.3 is 0 Å². The lowest BCUT2D eigenvalue weighted by atomic mass is 10.1. The van der Waals surface area contributed by atoms with Crippen LogP contribution in [0, 0.1) is 0 Å². The Morgan fingerprint density at radius 3 is 2.83 bits per heavy atom. The van der Waals surface area contributed by atoms with E-state index in [0.29, 0.717) is 0 Å². The molecule has 0 aliphatic heterocycles. The van der Waals surface area contributed by atoms with Crippen LogP contribution in [0.3, 0.4) is 0 Å². The highest BCUT2D eigenvalue weighted by Gasteiger charge is 2.09. The summed E-state index contributed by atoms with van der Waals surface area (Å²) in [5.74, 6) is 0.743. The zero-order valence-electron chi connectivity index (χ0n) is 11.2. The second-order valence-electron chi connectivity index (χ2n) is 4.51. The number of pyridine rings is 1. The van der Waals surface area contributed by atoms with Gasteiger partial charge in [-0.3, -0.25) is 0 Å². The van der Waals surface area contributed by atoms with E-state index >= 15 is 0 Å². The molecule has 1 heterocycles. The number of hydrogen-bond acceptors (Lipinski definition) is 3.